The summed E-state index contributed by atoms with van der Waals surface area (Å²) in [6, 6.07) is 5.30. The maximum absolute atomic E-state index is 13.3. The summed E-state index contributed by atoms with van der Waals surface area (Å²) in [6.07, 6.45) is 8.30. The predicted octanol–water partition coefficient (Wildman–Crippen LogP) is 3.98. The Morgan fingerprint density at radius 1 is 1.15 bits per heavy atom. The van der Waals surface area contributed by atoms with Gasteiger partial charge in [0.1, 0.15) is 23.7 Å². The van der Waals surface area contributed by atoms with Crippen LogP contribution in [0.4, 0.5) is 17.5 Å². The van der Waals surface area contributed by atoms with Crippen LogP contribution >= 0.6 is 11.6 Å². The first-order chi connectivity index (χ1) is 19.0. The highest BCUT2D eigenvalue weighted by molar-refractivity contribution is 6.32. The van der Waals surface area contributed by atoms with Gasteiger partial charge in [-0.3, -0.25) is 9.59 Å². The van der Waals surface area contributed by atoms with Crippen molar-refractivity contribution in [3.8, 4) is 5.75 Å². The first-order valence-electron chi connectivity index (χ1n) is 13.7. The number of nitrogens with one attached hydrogen (secondary N) is 4. The fraction of sp³-hybridized carbons (Fsp3) is 0.500. The summed E-state index contributed by atoms with van der Waals surface area (Å²) in [6.45, 7) is 8.60. The van der Waals surface area contributed by atoms with Crippen LogP contribution in [0.15, 0.2) is 36.5 Å². The van der Waals surface area contributed by atoms with Crippen LogP contribution in [0.2, 0.25) is 5.02 Å². The zero-order chi connectivity index (χ0) is 27.6. The Balaban J connectivity index is 1.38. The van der Waals surface area contributed by atoms with E-state index in [1.165, 1.54) is 6.20 Å². The van der Waals surface area contributed by atoms with Crippen molar-refractivity contribution in [3.63, 3.8) is 0 Å². The molecule has 4 N–H and O–H groups in total. The first-order valence-corrected chi connectivity index (χ1v) is 14.1. The quantitative estimate of drug-likeness (QED) is 0.361. The third-order valence-corrected chi connectivity index (χ3v) is 7.47. The average Bonchev–Trinajstić information content (AvgIpc) is 2.95. The van der Waals surface area contributed by atoms with Crippen LogP contribution in [0.1, 0.15) is 49.9 Å². The lowest BCUT2D eigenvalue weighted by Gasteiger charge is -2.29. The molecule has 1 saturated carbocycles. The molecular formula is C28H38ClN7O3. The molecule has 1 aromatic heterocycles. The molecule has 10 nitrogen and oxygen atoms in total. The highest BCUT2D eigenvalue weighted by Gasteiger charge is 2.28. The molecule has 4 rings (SSSR count). The Hall–Kier alpha value is -3.37. The van der Waals surface area contributed by atoms with Crippen LogP contribution in [-0.4, -0.2) is 72.1 Å². The predicted molar refractivity (Wildman–Crippen MR) is 154 cm³/mol. The molecule has 0 radical (unpaired) electrons. The van der Waals surface area contributed by atoms with Gasteiger partial charge >= 0.3 is 0 Å². The highest BCUT2D eigenvalue weighted by atomic mass is 35.5. The van der Waals surface area contributed by atoms with Crippen molar-refractivity contribution in [3.05, 3.63) is 47.1 Å². The zero-order valence-corrected chi connectivity index (χ0v) is 23.4. The van der Waals surface area contributed by atoms with Gasteiger partial charge in [-0.1, -0.05) is 31.5 Å². The number of likely N-dealkylation sites (N-methyl/N-ethyl adjacent to an activating group) is 1. The zero-order valence-electron chi connectivity index (χ0n) is 22.6. The molecule has 4 bridgehead atoms. The summed E-state index contributed by atoms with van der Waals surface area (Å²) >= 11 is 6.29. The Bertz CT molecular complexity index is 1160. The summed E-state index contributed by atoms with van der Waals surface area (Å²) in [4.78, 5) is 37.1. The number of rotatable bonds is 8. The number of amides is 2. The van der Waals surface area contributed by atoms with Gasteiger partial charge in [0.05, 0.1) is 5.02 Å². The second-order valence-corrected chi connectivity index (χ2v) is 10.1. The van der Waals surface area contributed by atoms with E-state index in [0.29, 0.717) is 53.5 Å². The maximum atomic E-state index is 13.3. The lowest BCUT2D eigenvalue weighted by molar-refractivity contribution is -0.126. The van der Waals surface area contributed by atoms with Gasteiger partial charge < -0.3 is 30.9 Å². The molecule has 0 unspecified atom stereocenters. The molecule has 1 aliphatic heterocycles. The second kappa shape index (κ2) is 14.1. The minimum Gasteiger partial charge on any atom is -0.488 e. The van der Waals surface area contributed by atoms with E-state index in [2.05, 4.69) is 50.0 Å². The van der Waals surface area contributed by atoms with Crippen molar-refractivity contribution in [1.82, 2.24) is 25.5 Å². The van der Waals surface area contributed by atoms with Crippen molar-refractivity contribution < 1.29 is 14.3 Å². The first kappa shape index (κ1) is 28.6. The van der Waals surface area contributed by atoms with Gasteiger partial charge in [-0.25, -0.2) is 4.98 Å². The number of ether oxygens (including phenoxy) is 1. The highest BCUT2D eigenvalue weighted by Crippen LogP contribution is 2.30. The second-order valence-electron chi connectivity index (χ2n) is 9.73. The van der Waals surface area contributed by atoms with E-state index >= 15 is 0 Å². The van der Waals surface area contributed by atoms with Gasteiger partial charge in [-0.2, -0.15) is 4.98 Å². The number of hydrogen-bond acceptors (Lipinski definition) is 8. The molecule has 2 amide bonds. The van der Waals surface area contributed by atoms with E-state index < -0.39 is 0 Å². The average molecular weight is 556 g/mol. The van der Waals surface area contributed by atoms with E-state index in [9.17, 15) is 9.59 Å². The van der Waals surface area contributed by atoms with E-state index in [4.69, 9.17) is 16.3 Å². The number of halogens is 1. The summed E-state index contributed by atoms with van der Waals surface area (Å²) < 4.78 is 5.76. The molecular weight excluding hydrogens is 518 g/mol. The van der Waals surface area contributed by atoms with Crippen LogP contribution in [0.3, 0.4) is 0 Å². The van der Waals surface area contributed by atoms with Crippen LogP contribution in [0, 0.1) is 5.92 Å². The molecule has 2 aliphatic rings. The Morgan fingerprint density at radius 3 is 2.72 bits per heavy atom. The normalized spacial score (nSPS) is 19.7. The number of carbonyl (C=O) groups excluding carboxylic acids is 2. The molecule has 2 aromatic rings. The van der Waals surface area contributed by atoms with Crippen LogP contribution in [-0.2, 0) is 4.79 Å². The van der Waals surface area contributed by atoms with E-state index in [1.807, 2.05) is 12.2 Å². The van der Waals surface area contributed by atoms with Crippen molar-refractivity contribution in [2.24, 2.45) is 5.92 Å². The van der Waals surface area contributed by atoms with E-state index in [1.54, 1.807) is 18.2 Å². The van der Waals surface area contributed by atoms with Crippen LogP contribution < -0.4 is 26.0 Å². The Kier molecular flexibility index (Phi) is 10.4. The monoisotopic (exact) mass is 555 g/mol. The topological polar surface area (TPSA) is 121 Å². The third kappa shape index (κ3) is 8.06. The van der Waals surface area contributed by atoms with Gasteiger partial charge in [-0.15, -0.1) is 0 Å². The maximum Gasteiger partial charge on any atom is 0.256 e. The fourth-order valence-corrected chi connectivity index (χ4v) is 4.95. The fourth-order valence-electron chi connectivity index (χ4n) is 4.78. The summed E-state index contributed by atoms with van der Waals surface area (Å²) in [7, 11) is 0. The number of hydrogen-bond donors (Lipinski definition) is 4. The largest absolute Gasteiger partial charge is 0.488 e. The Labute approximate surface area is 234 Å². The molecule has 0 spiro atoms. The van der Waals surface area contributed by atoms with E-state index in [-0.39, 0.29) is 23.8 Å². The molecule has 11 heteroatoms. The summed E-state index contributed by atoms with van der Waals surface area (Å²) in [5.74, 6) is 1.15. The van der Waals surface area contributed by atoms with Gasteiger partial charge in [0.15, 0.2) is 0 Å². The number of benzene rings is 1. The smallest absolute Gasteiger partial charge is 0.256 e. The number of carbonyl (C=O) groups is 2. The molecule has 210 valence electrons. The van der Waals surface area contributed by atoms with Gasteiger partial charge in [0.25, 0.3) is 5.91 Å². The standard InChI is InChI=1S/C28H38ClN7O3/c1-3-36(4-2)15-14-30-26(37)19-7-9-20(10-8-19)34-27(38)22-18-32-28-31-13-5-6-16-39-24-17-21(11-12-23(24)29)33-25(22)35-28/h5-6,11-12,17-20H,3-4,7-10,13-16H2,1-2H3,(H,30,37)(H,34,38)(H2,31,32,33,35)/b6-5-. The van der Waals surface area contributed by atoms with Crippen LogP contribution in [0.5, 0.6) is 5.75 Å². The van der Waals surface area contributed by atoms with E-state index in [0.717, 1.165) is 45.3 Å². The van der Waals surface area contributed by atoms with Crippen molar-refractivity contribution in [2.75, 3.05) is 50.0 Å². The molecule has 1 aliphatic carbocycles. The summed E-state index contributed by atoms with van der Waals surface area (Å²) in [5, 5.41) is 13.1. The molecule has 0 atom stereocenters. The number of aromatic nitrogens is 2. The van der Waals surface area contributed by atoms with Crippen LogP contribution in [0.25, 0.3) is 0 Å². The molecule has 39 heavy (non-hydrogen) atoms. The molecule has 2 heterocycles. The van der Waals surface area contributed by atoms with Gasteiger partial charge in [0.2, 0.25) is 11.9 Å². The van der Waals surface area contributed by atoms with Crippen molar-refractivity contribution in [1.29, 1.82) is 0 Å². The molecule has 0 saturated heterocycles. The lowest BCUT2D eigenvalue weighted by atomic mass is 9.85. The SMILES string of the molecule is CCN(CC)CCNC(=O)C1CCC(NC(=O)c2cnc3nc2Nc2ccc(Cl)c(c2)OC/C=C\CN3)CC1. The molecule has 1 aromatic carbocycles. The molecule has 1 fully saturated rings. The van der Waals surface area contributed by atoms with Crippen molar-refractivity contribution in [2.45, 2.75) is 45.6 Å². The van der Waals surface area contributed by atoms with Gasteiger partial charge in [-0.05, 0) is 57.0 Å². The lowest BCUT2D eigenvalue weighted by Crippen LogP contribution is -2.42. The Morgan fingerprint density at radius 2 is 1.95 bits per heavy atom. The van der Waals surface area contributed by atoms with Gasteiger partial charge in [0, 0.05) is 49.5 Å². The third-order valence-electron chi connectivity index (χ3n) is 7.16. The number of anilines is 3. The summed E-state index contributed by atoms with van der Waals surface area (Å²) in [5.41, 5.74) is 1.02. The minimum absolute atomic E-state index is 0.0150. The van der Waals surface area contributed by atoms with Crippen molar-refractivity contribution >= 4 is 40.9 Å². The number of nitrogens with zero attached hydrogens (tertiary/aromatic N) is 3. The number of fused-ring (bicyclic) bond motifs is 4. The minimum atomic E-state index is -0.258.